The molecule has 0 saturated heterocycles. The molecule has 0 radical (unpaired) electrons. The summed E-state index contributed by atoms with van der Waals surface area (Å²) in [6, 6.07) is 20.5. The monoisotopic (exact) mass is 714 g/mol. The van der Waals surface area contributed by atoms with Gasteiger partial charge in [0.2, 0.25) is 0 Å². The molecule has 0 bridgehead atoms. The third-order valence-electron chi connectivity index (χ3n) is 9.05. The molecule has 9 nitrogen and oxygen atoms in total. The summed E-state index contributed by atoms with van der Waals surface area (Å²) >= 11 is 6.50. The van der Waals surface area contributed by atoms with Gasteiger partial charge in [-0.2, -0.15) is 5.10 Å². The second kappa shape index (κ2) is 16.7. The molecule has 0 N–H and O–H groups in total. The van der Waals surface area contributed by atoms with Crippen LogP contribution < -0.4 is 4.74 Å². The summed E-state index contributed by atoms with van der Waals surface area (Å²) in [5.74, 6) is 0.814. The number of rotatable bonds is 15. The van der Waals surface area contributed by atoms with Crippen LogP contribution in [-0.2, 0) is 35.4 Å². The third-order valence-corrected chi connectivity index (χ3v) is 9.30. The highest BCUT2D eigenvalue weighted by Crippen LogP contribution is 2.39. The van der Waals surface area contributed by atoms with E-state index in [1.165, 1.54) is 0 Å². The Hall–Kier alpha value is -4.50. The summed E-state index contributed by atoms with van der Waals surface area (Å²) in [7, 11) is 3.67. The Bertz CT molecular complexity index is 1980. The number of hydrogen-bond acceptors (Lipinski definition) is 6. The summed E-state index contributed by atoms with van der Waals surface area (Å²) in [5.41, 5.74) is 5.72. The molecule has 51 heavy (non-hydrogen) atoms. The van der Waals surface area contributed by atoms with Crippen LogP contribution in [0.15, 0.2) is 60.7 Å². The Morgan fingerprint density at radius 2 is 1.67 bits per heavy atom. The Labute approximate surface area is 306 Å². The lowest BCUT2D eigenvalue weighted by Crippen LogP contribution is -2.34. The molecule has 0 saturated carbocycles. The van der Waals surface area contributed by atoms with Crippen molar-refractivity contribution in [2.75, 3.05) is 26.8 Å². The molecule has 5 rings (SSSR count). The summed E-state index contributed by atoms with van der Waals surface area (Å²) in [4.78, 5) is 28.0. The number of carbonyl (C=O) groups excluding carboxylic acids is 2. The van der Waals surface area contributed by atoms with E-state index in [9.17, 15) is 9.59 Å². The molecule has 0 atom stereocenters. The van der Waals surface area contributed by atoms with E-state index in [2.05, 4.69) is 34.9 Å². The first-order chi connectivity index (χ1) is 24.4. The molecule has 2 heterocycles. The van der Waals surface area contributed by atoms with Gasteiger partial charge in [0.15, 0.2) is 0 Å². The van der Waals surface area contributed by atoms with E-state index in [0.717, 1.165) is 74.8 Å². The number of amides is 1. The molecule has 0 aliphatic heterocycles. The van der Waals surface area contributed by atoms with Crippen molar-refractivity contribution >= 4 is 45.3 Å². The van der Waals surface area contributed by atoms with Gasteiger partial charge in [0.25, 0.3) is 0 Å². The fraction of sp³-hybridized carbons (Fsp3) is 0.439. The molecular formula is C41H51ClN4O5. The minimum absolute atomic E-state index is 0.270. The van der Waals surface area contributed by atoms with Gasteiger partial charge >= 0.3 is 12.1 Å². The van der Waals surface area contributed by atoms with Crippen LogP contribution in [0.4, 0.5) is 4.79 Å². The molecule has 272 valence electrons. The Morgan fingerprint density at radius 1 is 0.941 bits per heavy atom. The molecular weight excluding hydrogens is 664 g/mol. The van der Waals surface area contributed by atoms with Crippen molar-refractivity contribution in [2.45, 2.75) is 84.7 Å². The van der Waals surface area contributed by atoms with Crippen molar-refractivity contribution in [1.82, 2.24) is 19.2 Å². The van der Waals surface area contributed by atoms with Crippen LogP contribution >= 0.6 is 11.6 Å². The van der Waals surface area contributed by atoms with Crippen molar-refractivity contribution in [3.63, 3.8) is 0 Å². The van der Waals surface area contributed by atoms with Gasteiger partial charge in [-0.3, -0.25) is 4.68 Å². The lowest BCUT2D eigenvalue weighted by molar-refractivity contribution is 0.0295. The van der Waals surface area contributed by atoms with Crippen molar-refractivity contribution in [1.29, 1.82) is 0 Å². The van der Waals surface area contributed by atoms with Crippen LogP contribution in [0.2, 0.25) is 0 Å². The van der Waals surface area contributed by atoms with E-state index in [1.54, 1.807) is 11.9 Å². The average Bonchev–Trinajstić information content (AvgIpc) is 3.57. The number of ether oxygens (including phenoxy) is 3. The quantitative estimate of drug-likeness (QED) is 0.0610. The molecule has 0 aliphatic rings. The maximum absolute atomic E-state index is 13.9. The number of halogens is 1. The summed E-state index contributed by atoms with van der Waals surface area (Å²) in [6.07, 6.45) is 3.45. The topological polar surface area (TPSA) is 87.8 Å². The van der Waals surface area contributed by atoms with Crippen LogP contribution in [0, 0.1) is 6.92 Å². The highest BCUT2D eigenvalue weighted by atomic mass is 35.5. The first kappa shape index (κ1) is 37.7. The molecule has 0 aliphatic carbocycles. The lowest BCUT2D eigenvalue weighted by Gasteiger charge is -2.24. The largest absolute Gasteiger partial charge is 0.493 e. The van der Waals surface area contributed by atoms with Crippen molar-refractivity contribution in [3.05, 3.63) is 83.3 Å². The predicted molar refractivity (Wildman–Crippen MR) is 205 cm³/mol. The minimum atomic E-state index is -0.544. The zero-order valence-corrected chi connectivity index (χ0v) is 31.8. The van der Waals surface area contributed by atoms with Gasteiger partial charge in [-0.05, 0) is 83.7 Å². The molecule has 1 amide bonds. The Kier molecular flexibility index (Phi) is 12.3. The van der Waals surface area contributed by atoms with Crippen LogP contribution in [0.25, 0.3) is 32.8 Å². The Morgan fingerprint density at radius 3 is 2.41 bits per heavy atom. The minimum Gasteiger partial charge on any atom is -0.493 e. The summed E-state index contributed by atoms with van der Waals surface area (Å²) < 4.78 is 21.5. The molecule has 0 unspecified atom stereocenters. The summed E-state index contributed by atoms with van der Waals surface area (Å²) in [6.45, 7) is 11.4. The van der Waals surface area contributed by atoms with Crippen molar-refractivity contribution in [2.24, 2.45) is 7.05 Å². The predicted octanol–water partition coefficient (Wildman–Crippen LogP) is 9.47. The van der Waals surface area contributed by atoms with Crippen molar-refractivity contribution in [3.8, 4) is 16.9 Å². The SMILES string of the molecule is CCOC(=O)c1c(CCCOc2cccc3ccccc23)c2cccc(-c3c(C)nn(C)c3CCl)c2n1CCCCCN(C)C(=O)OC(C)(C)C. The highest BCUT2D eigenvalue weighted by Gasteiger charge is 2.27. The number of fused-ring (bicyclic) bond motifs is 2. The maximum atomic E-state index is 13.9. The smallest absolute Gasteiger partial charge is 0.410 e. The number of aryl methyl sites for hydroxylation is 4. The van der Waals surface area contributed by atoms with Crippen LogP contribution in [0.5, 0.6) is 5.75 Å². The van der Waals surface area contributed by atoms with Gasteiger partial charge in [0.05, 0.1) is 36.0 Å². The zero-order chi connectivity index (χ0) is 36.7. The normalized spacial score (nSPS) is 11.7. The van der Waals surface area contributed by atoms with Gasteiger partial charge in [-0.25, -0.2) is 9.59 Å². The van der Waals surface area contributed by atoms with Gasteiger partial charge in [0.1, 0.15) is 17.0 Å². The van der Waals surface area contributed by atoms with Crippen LogP contribution in [0.3, 0.4) is 0 Å². The van der Waals surface area contributed by atoms with E-state index in [0.29, 0.717) is 44.1 Å². The number of aromatic nitrogens is 3. The van der Waals surface area contributed by atoms with E-state index < -0.39 is 5.60 Å². The number of hydrogen-bond donors (Lipinski definition) is 0. The van der Waals surface area contributed by atoms with E-state index in [-0.39, 0.29) is 18.7 Å². The maximum Gasteiger partial charge on any atom is 0.410 e. The van der Waals surface area contributed by atoms with E-state index in [1.807, 2.05) is 76.7 Å². The Balaban J connectivity index is 1.47. The van der Waals surface area contributed by atoms with Gasteiger partial charge in [-0.1, -0.05) is 54.6 Å². The first-order valence-corrected chi connectivity index (χ1v) is 18.4. The molecule has 5 aromatic rings. The van der Waals surface area contributed by atoms with E-state index in [4.69, 9.17) is 30.9 Å². The first-order valence-electron chi connectivity index (χ1n) is 17.9. The third kappa shape index (κ3) is 8.70. The lowest BCUT2D eigenvalue weighted by atomic mass is 9.98. The summed E-state index contributed by atoms with van der Waals surface area (Å²) in [5, 5.41) is 7.93. The van der Waals surface area contributed by atoms with Gasteiger partial charge < -0.3 is 23.7 Å². The molecule has 3 aromatic carbocycles. The standard InChI is InChI=1S/C41H51ClN4O5/c1-8-49-39(47)38-32(22-16-26-50-35-23-14-18-29-17-10-11-19-30(29)35)31-20-15-21-33(36-28(2)43-45(7)34(36)27-42)37(31)46(38)25-13-9-12-24-44(6)40(48)51-41(3,4)5/h10-11,14-15,17-21,23H,8-9,12-13,16,22,24-27H2,1-7H3. The van der Waals surface area contributed by atoms with Crippen LogP contribution in [0.1, 0.15) is 80.8 Å². The molecule has 2 aromatic heterocycles. The molecule has 0 spiro atoms. The fourth-order valence-corrected chi connectivity index (χ4v) is 7.09. The number of benzene rings is 3. The zero-order valence-electron chi connectivity index (χ0n) is 31.1. The number of carbonyl (C=O) groups is 2. The van der Waals surface area contributed by atoms with Crippen molar-refractivity contribution < 1.29 is 23.8 Å². The number of nitrogens with zero attached hydrogens (tertiary/aromatic N) is 4. The van der Waals surface area contributed by atoms with Gasteiger partial charge in [-0.15, -0.1) is 11.6 Å². The fourth-order valence-electron chi connectivity index (χ4n) is 6.78. The second-order valence-electron chi connectivity index (χ2n) is 14.0. The average molecular weight is 715 g/mol. The number of unbranched alkanes of at least 4 members (excludes halogenated alkanes) is 2. The number of esters is 1. The van der Waals surface area contributed by atoms with E-state index >= 15 is 0 Å². The van der Waals surface area contributed by atoms with Crippen LogP contribution in [-0.4, -0.2) is 63.7 Å². The molecule has 0 fully saturated rings. The second-order valence-corrected chi connectivity index (χ2v) is 14.2. The van der Waals surface area contributed by atoms with Gasteiger partial charge in [0, 0.05) is 49.1 Å². The number of para-hydroxylation sites is 1. The highest BCUT2D eigenvalue weighted by molar-refractivity contribution is 6.17. The molecule has 10 heteroatoms. The number of alkyl halides is 1.